The predicted molar refractivity (Wildman–Crippen MR) is 63.7 cm³/mol. The monoisotopic (exact) mass is 275 g/mol. The lowest BCUT2D eigenvalue weighted by Gasteiger charge is -2.26. The zero-order valence-electron chi connectivity index (χ0n) is 10.0. The molecule has 2 saturated heterocycles. The number of likely N-dealkylation sites (tertiary alicyclic amines) is 1. The second-order valence-electron chi connectivity index (χ2n) is 5.03. The van der Waals surface area contributed by atoms with Crippen molar-refractivity contribution in [3.05, 3.63) is 0 Å². The van der Waals surface area contributed by atoms with Crippen molar-refractivity contribution in [1.29, 1.82) is 0 Å². The van der Waals surface area contributed by atoms with E-state index in [1.54, 1.807) is 4.90 Å². The van der Waals surface area contributed by atoms with Crippen LogP contribution in [0.5, 0.6) is 0 Å². The van der Waals surface area contributed by atoms with Crippen molar-refractivity contribution in [2.24, 2.45) is 5.92 Å². The molecule has 1 N–H and O–H groups in total. The molecule has 0 bridgehead atoms. The average molecular weight is 275 g/mol. The molecule has 0 aromatic rings. The van der Waals surface area contributed by atoms with Crippen LogP contribution in [-0.2, 0) is 19.4 Å². The van der Waals surface area contributed by atoms with Crippen LogP contribution in [-0.4, -0.2) is 54.4 Å². The lowest BCUT2D eigenvalue weighted by Crippen LogP contribution is -2.41. The molecule has 6 nitrogen and oxygen atoms in total. The van der Waals surface area contributed by atoms with E-state index >= 15 is 0 Å². The summed E-state index contributed by atoms with van der Waals surface area (Å²) >= 11 is 0. The van der Waals surface area contributed by atoms with E-state index in [2.05, 4.69) is 0 Å². The molecule has 2 rings (SSSR count). The minimum atomic E-state index is -3.07. The van der Waals surface area contributed by atoms with Crippen LogP contribution in [0, 0.1) is 5.92 Å². The minimum absolute atomic E-state index is 0.0504. The molecule has 0 spiro atoms. The first kappa shape index (κ1) is 13.3. The van der Waals surface area contributed by atoms with Gasteiger partial charge in [0.15, 0.2) is 9.84 Å². The highest BCUT2D eigenvalue weighted by atomic mass is 32.2. The fraction of sp³-hybridized carbons (Fsp3) is 0.818. The Morgan fingerprint density at radius 2 is 2.00 bits per heavy atom. The van der Waals surface area contributed by atoms with Crippen LogP contribution >= 0.6 is 0 Å². The minimum Gasteiger partial charge on any atom is -0.481 e. The number of carboxylic acids is 1. The van der Waals surface area contributed by atoms with E-state index in [-0.39, 0.29) is 29.9 Å². The summed E-state index contributed by atoms with van der Waals surface area (Å²) in [5.41, 5.74) is 0. The fourth-order valence-electron chi connectivity index (χ4n) is 2.76. The first-order valence-electron chi connectivity index (χ1n) is 6.12. The number of nitrogens with zero attached hydrogens (tertiary/aromatic N) is 1. The van der Waals surface area contributed by atoms with E-state index in [1.165, 1.54) is 0 Å². The van der Waals surface area contributed by atoms with Crippen LogP contribution in [0.2, 0.25) is 0 Å². The molecule has 2 unspecified atom stereocenters. The summed E-state index contributed by atoms with van der Waals surface area (Å²) in [7, 11) is -3.07. The third kappa shape index (κ3) is 2.82. The van der Waals surface area contributed by atoms with E-state index in [4.69, 9.17) is 5.11 Å². The largest absolute Gasteiger partial charge is 0.481 e. The molecule has 102 valence electrons. The quantitative estimate of drug-likeness (QED) is 0.775. The van der Waals surface area contributed by atoms with Crippen LogP contribution in [0.25, 0.3) is 0 Å². The van der Waals surface area contributed by atoms with Gasteiger partial charge in [0.1, 0.15) is 0 Å². The number of carbonyl (C=O) groups is 2. The summed E-state index contributed by atoms with van der Waals surface area (Å²) in [6.45, 7) is 0.549. The van der Waals surface area contributed by atoms with Crippen molar-refractivity contribution in [3.8, 4) is 0 Å². The lowest BCUT2D eigenvalue weighted by molar-refractivity contribution is -0.141. The topological polar surface area (TPSA) is 91.8 Å². The van der Waals surface area contributed by atoms with E-state index in [0.717, 1.165) is 6.42 Å². The number of sulfone groups is 1. The van der Waals surface area contributed by atoms with Crippen molar-refractivity contribution in [3.63, 3.8) is 0 Å². The van der Waals surface area contributed by atoms with E-state index in [0.29, 0.717) is 19.4 Å². The van der Waals surface area contributed by atoms with Gasteiger partial charge in [0.25, 0.3) is 0 Å². The maximum Gasteiger partial charge on any atom is 0.305 e. The van der Waals surface area contributed by atoms with Crippen molar-refractivity contribution >= 4 is 21.7 Å². The van der Waals surface area contributed by atoms with Gasteiger partial charge in [-0.05, 0) is 19.3 Å². The van der Waals surface area contributed by atoms with Gasteiger partial charge in [0.2, 0.25) is 5.91 Å². The summed E-state index contributed by atoms with van der Waals surface area (Å²) in [6.07, 6.45) is 1.81. The van der Waals surface area contributed by atoms with Gasteiger partial charge in [-0.2, -0.15) is 0 Å². The van der Waals surface area contributed by atoms with Crippen LogP contribution in [0.15, 0.2) is 0 Å². The molecule has 1 amide bonds. The van der Waals surface area contributed by atoms with Crippen molar-refractivity contribution < 1.29 is 23.1 Å². The molecular weight excluding hydrogens is 258 g/mol. The van der Waals surface area contributed by atoms with Crippen molar-refractivity contribution in [1.82, 2.24) is 4.90 Å². The third-order valence-corrected chi connectivity index (χ3v) is 5.42. The molecule has 0 saturated carbocycles. The molecule has 0 aromatic heterocycles. The van der Waals surface area contributed by atoms with Crippen LogP contribution < -0.4 is 0 Å². The highest BCUT2D eigenvalue weighted by Crippen LogP contribution is 2.27. The highest BCUT2D eigenvalue weighted by Gasteiger charge is 2.39. The van der Waals surface area contributed by atoms with Crippen LogP contribution in [0.3, 0.4) is 0 Å². The number of aliphatic carboxylic acids is 1. The first-order chi connectivity index (χ1) is 8.39. The Kier molecular flexibility index (Phi) is 3.61. The molecule has 0 aliphatic carbocycles. The molecule has 2 aliphatic heterocycles. The fourth-order valence-corrected chi connectivity index (χ4v) is 4.50. The summed E-state index contributed by atoms with van der Waals surface area (Å²) in [5, 5.41) is 8.79. The third-order valence-electron chi connectivity index (χ3n) is 3.65. The van der Waals surface area contributed by atoms with Crippen molar-refractivity contribution in [2.45, 2.75) is 31.7 Å². The Labute approximate surface area is 106 Å². The van der Waals surface area contributed by atoms with Gasteiger partial charge in [-0.1, -0.05) is 0 Å². The van der Waals surface area contributed by atoms with Crippen LogP contribution in [0.4, 0.5) is 0 Å². The van der Waals surface area contributed by atoms with E-state index in [1.807, 2.05) is 0 Å². The lowest BCUT2D eigenvalue weighted by atomic mass is 10.1. The smallest absolute Gasteiger partial charge is 0.305 e. The summed E-state index contributed by atoms with van der Waals surface area (Å²) < 4.78 is 22.7. The Morgan fingerprint density at radius 3 is 2.56 bits per heavy atom. The molecule has 2 atom stereocenters. The molecule has 0 radical (unpaired) electrons. The molecule has 18 heavy (non-hydrogen) atoms. The van der Waals surface area contributed by atoms with Gasteiger partial charge in [-0.3, -0.25) is 9.59 Å². The Bertz CT molecular complexity index is 458. The number of carbonyl (C=O) groups excluding carboxylic acids is 1. The Morgan fingerprint density at radius 1 is 1.28 bits per heavy atom. The zero-order valence-corrected chi connectivity index (χ0v) is 10.9. The maximum atomic E-state index is 12.2. The Balaban J connectivity index is 2.02. The van der Waals surface area contributed by atoms with Gasteiger partial charge in [-0.15, -0.1) is 0 Å². The molecule has 2 heterocycles. The van der Waals surface area contributed by atoms with Gasteiger partial charge in [0, 0.05) is 12.6 Å². The number of amides is 1. The summed E-state index contributed by atoms with van der Waals surface area (Å²) in [5.74, 6) is -1.58. The normalized spacial score (nSPS) is 30.6. The molecule has 7 heteroatoms. The molecule has 0 aromatic carbocycles. The summed E-state index contributed by atoms with van der Waals surface area (Å²) in [4.78, 5) is 24.5. The number of rotatable bonds is 3. The SMILES string of the molecule is O=C(O)CC1CCCN1C(=O)C1CCS(=O)(=O)C1. The highest BCUT2D eigenvalue weighted by molar-refractivity contribution is 7.91. The first-order valence-corrected chi connectivity index (χ1v) is 7.94. The zero-order chi connectivity index (χ0) is 13.3. The second-order valence-corrected chi connectivity index (χ2v) is 7.25. The molecule has 2 fully saturated rings. The number of carboxylic acid groups (broad SMARTS) is 1. The summed E-state index contributed by atoms with van der Waals surface area (Å²) in [6, 6.07) is -0.265. The van der Waals surface area contributed by atoms with Gasteiger partial charge < -0.3 is 10.0 Å². The molecular formula is C11H17NO5S. The number of hydrogen-bond acceptors (Lipinski definition) is 4. The Hall–Kier alpha value is -1.11. The van der Waals surface area contributed by atoms with E-state index < -0.39 is 21.7 Å². The van der Waals surface area contributed by atoms with Gasteiger partial charge in [-0.25, -0.2) is 8.42 Å². The maximum absolute atomic E-state index is 12.2. The van der Waals surface area contributed by atoms with Gasteiger partial charge >= 0.3 is 5.97 Å². The predicted octanol–water partition coefficient (Wildman–Crippen LogP) is -0.113. The van der Waals surface area contributed by atoms with Gasteiger partial charge in [0.05, 0.1) is 23.8 Å². The second kappa shape index (κ2) is 4.87. The number of hydrogen-bond donors (Lipinski definition) is 1. The van der Waals surface area contributed by atoms with Crippen LogP contribution in [0.1, 0.15) is 25.7 Å². The van der Waals surface area contributed by atoms with Crippen molar-refractivity contribution in [2.75, 3.05) is 18.1 Å². The average Bonchev–Trinajstić information content (AvgIpc) is 2.83. The van der Waals surface area contributed by atoms with E-state index in [9.17, 15) is 18.0 Å². The molecule has 2 aliphatic rings. The standard InChI is InChI=1S/C11H17NO5S/c13-10(14)6-9-2-1-4-12(9)11(15)8-3-5-18(16,17)7-8/h8-9H,1-7H2,(H,13,14).